The van der Waals surface area contributed by atoms with Gasteiger partial charge in [-0.1, -0.05) is 39.0 Å². The van der Waals surface area contributed by atoms with Crippen LogP contribution in [0.1, 0.15) is 39.2 Å². The lowest BCUT2D eigenvalue weighted by Gasteiger charge is -2.35. The zero-order valence-corrected chi connectivity index (χ0v) is 13.9. The van der Waals surface area contributed by atoms with Crippen molar-refractivity contribution in [3.8, 4) is 0 Å². The van der Waals surface area contributed by atoms with Crippen molar-refractivity contribution in [1.82, 2.24) is 5.32 Å². The van der Waals surface area contributed by atoms with E-state index in [2.05, 4.69) is 31.4 Å². The van der Waals surface area contributed by atoms with Crippen molar-refractivity contribution < 1.29 is 14.3 Å². The molecule has 0 bridgehead atoms. The van der Waals surface area contributed by atoms with Gasteiger partial charge < -0.3 is 15.4 Å². The van der Waals surface area contributed by atoms with E-state index in [4.69, 9.17) is 4.74 Å². The summed E-state index contributed by atoms with van der Waals surface area (Å²) in [6.07, 6.45) is 0.307. The molecule has 1 saturated heterocycles. The first-order valence-electron chi connectivity index (χ1n) is 8.12. The van der Waals surface area contributed by atoms with E-state index in [9.17, 15) is 9.59 Å². The van der Waals surface area contributed by atoms with Crippen molar-refractivity contribution in [2.24, 2.45) is 5.41 Å². The zero-order valence-electron chi connectivity index (χ0n) is 13.9. The number of ether oxygens (including phenoxy) is 1. The van der Waals surface area contributed by atoms with Crippen molar-refractivity contribution in [3.63, 3.8) is 0 Å². The molecule has 1 aromatic rings. The van der Waals surface area contributed by atoms with Crippen LogP contribution in [0.2, 0.25) is 0 Å². The lowest BCUT2D eigenvalue weighted by molar-refractivity contribution is -0.132. The molecule has 1 spiro atoms. The van der Waals surface area contributed by atoms with E-state index in [0.717, 1.165) is 11.3 Å². The molecule has 2 amide bonds. The Morgan fingerprint density at radius 2 is 2.00 bits per heavy atom. The van der Waals surface area contributed by atoms with Gasteiger partial charge in [0.05, 0.1) is 19.1 Å². The summed E-state index contributed by atoms with van der Waals surface area (Å²) in [6, 6.07) is 7.71. The Kier molecular flexibility index (Phi) is 3.92. The predicted molar refractivity (Wildman–Crippen MR) is 88.2 cm³/mol. The summed E-state index contributed by atoms with van der Waals surface area (Å²) in [7, 11) is 0. The quantitative estimate of drug-likeness (QED) is 0.879. The van der Waals surface area contributed by atoms with E-state index in [1.165, 1.54) is 0 Å². The number of carbonyl (C=O) groups excluding carboxylic acids is 2. The number of para-hydroxylation sites is 1. The SMILES string of the molecule is CC(C)(C)COC1CC(=O)NCCC12C(=O)Nc1ccccc12. The normalized spacial score (nSPS) is 27.3. The fourth-order valence-corrected chi connectivity index (χ4v) is 3.43. The van der Waals surface area contributed by atoms with Crippen molar-refractivity contribution in [2.75, 3.05) is 18.5 Å². The van der Waals surface area contributed by atoms with Crippen LogP contribution in [0.3, 0.4) is 0 Å². The van der Waals surface area contributed by atoms with Crippen molar-refractivity contribution in [1.29, 1.82) is 0 Å². The molecule has 124 valence electrons. The van der Waals surface area contributed by atoms with Gasteiger partial charge in [0.1, 0.15) is 5.41 Å². The van der Waals surface area contributed by atoms with E-state index >= 15 is 0 Å². The van der Waals surface area contributed by atoms with Gasteiger partial charge in [0.15, 0.2) is 0 Å². The van der Waals surface area contributed by atoms with Crippen LogP contribution in [0, 0.1) is 5.41 Å². The van der Waals surface area contributed by atoms with Crippen molar-refractivity contribution in [3.05, 3.63) is 29.8 Å². The fourth-order valence-electron chi connectivity index (χ4n) is 3.43. The topological polar surface area (TPSA) is 67.4 Å². The van der Waals surface area contributed by atoms with Gasteiger partial charge in [0, 0.05) is 12.2 Å². The molecule has 0 aromatic heterocycles. The Balaban J connectivity index is 2.02. The minimum absolute atomic E-state index is 0.0292. The third-order valence-electron chi connectivity index (χ3n) is 4.54. The summed E-state index contributed by atoms with van der Waals surface area (Å²) in [5.74, 6) is -0.118. The second-order valence-corrected chi connectivity index (χ2v) is 7.64. The first kappa shape index (κ1) is 16.0. The van der Waals surface area contributed by atoms with Crippen molar-refractivity contribution >= 4 is 17.5 Å². The molecule has 3 rings (SSSR count). The summed E-state index contributed by atoms with van der Waals surface area (Å²) in [5.41, 5.74) is 0.955. The number of amides is 2. The van der Waals surface area contributed by atoms with Crippen LogP contribution in [0.5, 0.6) is 0 Å². The number of carbonyl (C=O) groups is 2. The summed E-state index contributed by atoms with van der Waals surface area (Å²) in [4.78, 5) is 24.9. The highest BCUT2D eigenvalue weighted by atomic mass is 16.5. The maximum Gasteiger partial charge on any atom is 0.237 e. The minimum atomic E-state index is -0.791. The third kappa shape index (κ3) is 2.85. The van der Waals surface area contributed by atoms with Crippen LogP contribution in [-0.4, -0.2) is 31.1 Å². The second kappa shape index (κ2) is 5.64. The number of benzene rings is 1. The Morgan fingerprint density at radius 3 is 2.74 bits per heavy atom. The molecule has 0 aliphatic carbocycles. The first-order valence-corrected chi connectivity index (χ1v) is 8.12. The summed E-state index contributed by atoms with van der Waals surface area (Å²) < 4.78 is 6.14. The Bertz CT molecular complexity index is 635. The molecule has 1 fully saturated rings. The number of hydrogen-bond acceptors (Lipinski definition) is 3. The maximum absolute atomic E-state index is 12.9. The smallest absolute Gasteiger partial charge is 0.237 e. The maximum atomic E-state index is 12.9. The summed E-state index contributed by atoms with van der Waals surface area (Å²) in [5, 5.41) is 5.84. The van der Waals surface area contributed by atoms with Gasteiger partial charge in [-0.3, -0.25) is 9.59 Å². The molecule has 1 aromatic carbocycles. The zero-order chi connectivity index (χ0) is 16.7. The van der Waals surface area contributed by atoms with E-state index in [1.54, 1.807) is 0 Å². The van der Waals surface area contributed by atoms with E-state index in [0.29, 0.717) is 19.6 Å². The molecule has 0 saturated carbocycles. The van der Waals surface area contributed by atoms with Crippen LogP contribution in [0.25, 0.3) is 0 Å². The first-order chi connectivity index (χ1) is 10.8. The highest BCUT2D eigenvalue weighted by Crippen LogP contribution is 2.45. The average molecular weight is 316 g/mol. The Hall–Kier alpha value is -1.88. The number of fused-ring (bicyclic) bond motifs is 2. The molecule has 5 nitrogen and oxygen atoms in total. The molecule has 23 heavy (non-hydrogen) atoms. The Morgan fingerprint density at radius 1 is 1.26 bits per heavy atom. The average Bonchev–Trinajstić information content (AvgIpc) is 2.64. The lowest BCUT2D eigenvalue weighted by atomic mass is 9.73. The van der Waals surface area contributed by atoms with Crippen LogP contribution in [0.4, 0.5) is 5.69 Å². The summed E-state index contributed by atoms with van der Waals surface area (Å²) >= 11 is 0. The van der Waals surface area contributed by atoms with E-state index in [1.807, 2.05) is 24.3 Å². The van der Waals surface area contributed by atoms with Gasteiger partial charge in [-0.25, -0.2) is 0 Å². The number of rotatable bonds is 2. The highest BCUT2D eigenvalue weighted by Gasteiger charge is 2.54. The number of anilines is 1. The molecule has 5 heteroatoms. The Labute approximate surface area is 136 Å². The molecule has 2 atom stereocenters. The van der Waals surface area contributed by atoms with E-state index < -0.39 is 11.5 Å². The number of nitrogens with one attached hydrogen (secondary N) is 2. The van der Waals surface area contributed by atoms with Gasteiger partial charge in [-0.2, -0.15) is 0 Å². The van der Waals surface area contributed by atoms with Crippen LogP contribution in [-0.2, 0) is 19.7 Å². The molecule has 2 aliphatic rings. The predicted octanol–water partition coefficient (Wildman–Crippen LogP) is 2.22. The van der Waals surface area contributed by atoms with Crippen LogP contribution < -0.4 is 10.6 Å². The standard InChI is InChI=1S/C18H24N2O3/c1-17(2,3)11-23-14-10-15(21)19-9-8-18(14)12-6-4-5-7-13(12)20-16(18)22/h4-7,14H,8-11H2,1-3H3,(H,19,21)(H,20,22). The van der Waals surface area contributed by atoms with Crippen LogP contribution >= 0.6 is 0 Å². The van der Waals surface area contributed by atoms with Gasteiger partial charge in [0.25, 0.3) is 0 Å². The van der Waals surface area contributed by atoms with Gasteiger partial charge in [-0.15, -0.1) is 0 Å². The van der Waals surface area contributed by atoms with Crippen LogP contribution in [0.15, 0.2) is 24.3 Å². The van der Waals surface area contributed by atoms with Gasteiger partial charge >= 0.3 is 0 Å². The fraction of sp³-hybridized carbons (Fsp3) is 0.556. The molecule has 0 radical (unpaired) electrons. The van der Waals surface area contributed by atoms with Gasteiger partial charge in [0.2, 0.25) is 11.8 Å². The molecule has 2 heterocycles. The minimum Gasteiger partial charge on any atom is -0.376 e. The van der Waals surface area contributed by atoms with Crippen molar-refractivity contribution in [2.45, 2.75) is 45.1 Å². The molecule has 2 unspecified atom stereocenters. The molecular formula is C18H24N2O3. The molecular weight excluding hydrogens is 292 g/mol. The molecule has 2 aliphatic heterocycles. The number of hydrogen-bond donors (Lipinski definition) is 2. The largest absolute Gasteiger partial charge is 0.376 e. The third-order valence-corrected chi connectivity index (χ3v) is 4.54. The lowest BCUT2D eigenvalue weighted by Crippen LogP contribution is -2.48. The van der Waals surface area contributed by atoms with Gasteiger partial charge in [-0.05, 0) is 23.5 Å². The second-order valence-electron chi connectivity index (χ2n) is 7.64. The molecule has 2 N–H and O–H groups in total. The monoisotopic (exact) mass is 316 g/mol. The highest BCUT2D eigenvalue weighted by molar-refractivity contribution is 6.07. The van der Waals surface area contributed by atoms with E-state index in [-0.39, 0.29) is 23.7 Å². The summed E-state index contributed by atoms with van der Waals surface area (Å²) in [6.45, 7) is 7.23.